The Bertz CT molecular complexity index is 223. The third-order valence-corrected chi connectivity index (χ3v) is 2.63. The zero-order valence-corrected chi connectivity index (χ0v) is 10.0. The second kappa shape index (κ2) is 6.71. The van der Waals surface area contributed by atoms with Crippen molar-refractivity contribution < 1.29 is 19.4 Å². The molecule has 0 aromatic rings. The second-order valence-corrected chi connectivity index (χ2v) is 3.86. The van der Waals surface area contributed by atoms with Crippen LogP contribution in [0.1, 0.15) is 39.5 Å². The van der Waals surface area contributed by atoms with Crippen molar-refractivity contribution in [2.24, 2.45) is 0 Å². The first kappa shape index (κ1) is 14.3. The number of carboxylic acid groups (broad SMARTS) is 1. The van der Waals surface area contributed by atoms with Gasteiger partial charge in [-0.2, -0.15) is 12.6 Å². The van der Waals surface area contributed by atoms with Gasteiger partial charge in [-0.3, -0.25) is 9.59 Å². The van der Waals surface area contributed by atoms with Gasteiger partial charge >= 0.3 is 11.9 Å². The maximum Gasteiger partial charge on any atom is 0.307 e. The molecular formula is C10H18O4S. The summed E-state index contributed by atoms with van der Waals surface area (Å²) < 4.78 is 5.22. The number of rotatable bonds is 7. The summed E-state index contributed by atoms with van der Waals surface area (Å²) >= 11 is 3.92. The van der Waals surface area contributed by atoms with E-state index in [1.807, 2.05) is 13.8 Å². The van der Waals surface area contributed by atoms with Crippen LogP contribution >= 0.6 is 12.6 Å². The minimum atomic E-state index is -0.947. The molecule has 0 spiro atoms. The number of carboxylic acids is 1. The van der Waals surface area contributed by atoms with Gasteiger partial charge in [-0.25, -0.2) is 0 Å². The SMILES string of the molecule is CCC(CC)(CC(=O)O)OC(=O)CCS. The number of esters is 1. The molecule has 0 amide bonds. The summed E-state index contributed by atoms with van der Waals surface area (Å²) in [6.45, 7) is 3.64. The van der Waals surface area contributed by atoms with Crippen molar-refractivity contribution in [3.05, 3.63) is 0 Å². The molecule has 0 fully saturated rings. The first-order chi connectivity index (χ1) is 6.99. The van der Waals surface area contributed by atoms with Crippen LogP contribution in [0.25, 0.3) is 0 Å². The van der Waals surface area contributed by atoms with Crippen molar-refractivity contribution in [2.45, 2.75) is 45.1 Å². The summed E-state index contributed by atoms with van der Waals surface area (Å²) in [5.41, 5.74) is -0.855. The molecule has 0 heterocycles. The van der Waals surface area contributed by atoms with Crippen LogP contribution < -0.4 is 0 Å². The van der Waals surface area contributed by atoms with Crippen LogP contribution in [0, 0.1) is 0 Å². The normalized spacial score (nSPS) is 11.1. The molecule has 0 saturated heterocycles. The average molecular weight is 234 g/mol. The Morgan fingerprint density at radius 1 is 1.33 bits per heavy atom. The lowest BCUT2D eigenvalue weighted by atomic mass is 9.93. The van der Waals surface area contributed by atoms with Crippen molar-refractivity contribution >= 4 is 24.6 Å². The molecule has 0 bridgehead atoms. The molecule has 0 aromatic heterocycles. The highest BCUT2D eigenvalue weighted by molar-refractivity contribution is 7.80. The summed E-state index contributed by atoms with van der Waals surface area (Å²) in [7, 11) is 0. The van der Waals surface area contributed by atoms with Crippen LogP contribution in [0.5, 0.6) is 0 Å². The molecule has 0 aliphatic carbocycles. The Morgan fingerprint density at radius 3 is 2.20 bits per heavy atom. The van der Waals surface area contributed by atoms with Gasteiger partial charge in [0.15, 0.2) is 0 Å². The lowest BCUT2D eigenvalue weighted by Gasteiger charge is -2.29. The molecule has 0 rings (SSSR count). The molecule has 4 nitrogen and oxygen atoms in total. The first-order valence-electron chi connectivity index (χ1n) is 5.04. The average Bonchev–Trinajstić information content (AvgIpc) is 2.16. The monoisotopic (exact) mass is 234 g/mol. The Balaban J connectivity index is 4.48. The smallest absolute Gasteiger partial charge is 0.307 e. The van der Waals surface area contributed by atoms with Gasteiger partial charge in [0.1, 0.15) is 5.60 Å². The largest absolute Gasteiger partial charge is 0.481 e. The van der Waals surface area contributed by atoms with E-state index in [0.29, 0.717) is 18.6 Å². The van der Waals surface area contributed by atoms with E-state index in [-0.39, 0.29) is 18.8 Å². The minimum absolute atomic E-state index is 0.141. The van der Waals surface area contributed by atoms with E-state index in [9.17, 15) is 9.59 Å². The molecule has 15 heavy (non-hydrogen) atoms. The van der Waals surface area contributed by atoms with Gasteiger partial charge in [-0.1, -0.05) is 13.8 Å². The van der Waals surface area contributed by atoms with E-state index in [1.54, 1.807) is 0 Å². The predicted octanol–water partition coefficient (Wildman–Crippen LogP) is 1.88. The Labute approximate surface area is 95.4 Å². The topological polar surface area (TPSA) is 63.6 Å². The minimum Gasteiger partial charge on any atom is -0.481 e. The summed E-state index contributed by atoms with van der Waals surface area (Å²) in [6, 6.07) is 0. The summed E-state index contributed by atoms with van der Waals surface area (Å²) in [6.07, 6.45) is 1.09. The molecule has 0 radical (unpaired) electrons. The fourth-order valence-electron chi connectivity index (χ4n) is 1.34. The Morgan fingerprint density at radius 2 is 1.87 bits per heavy atom. The zero-order chi connectivity index (χ0) is 11.9. The molecule has 0 atom stereocenters. The first-order valence-corrected chi connectivity index (χ1v) is 5.67. The molecule has 88 valence electrons. The maximum atomic E-state index is 11.3. The van der Waals surface area contributed by atoms with E-state index in [4.69, 9.17) is 9.84 Å². The zero-order valence-electron chi connectivity index (χ0n) is 9.15. The molecule has 1 N–H and O–H groups in total. The summed E-state index contributed by atoms with van der Waals surface area (Å²) in [4.78, 5) is 22.0. The highest BCUT2D eigenvalue weighted by Crippen LogP contribution is 2.25. The van der Waals surface area contributed by atoms with Gasteiger partial charge in [0.05, 0.1) is 12.8 Å². The standard InChI is InChI=1S/C10H18O4S/c1-3-10(4-2,7-8(11)12)14-9(13)5-6-15/h15H,3-7H2,1-2H3,(H,11,12). The van der Waals surface area contributed by atoms with E-state index >= 15 is 0 Å². The van der Waals surface area contributed by atoms with E-state index < -0.39 is 11.6 Å². The predicted molar refractivity (Wildman–Crippen MR) is 60.1 cm³/mol. The van der Waals surface area contributed by atoms with Gasteiger partial charge in [0.25, 0.3) is 0 Å². The van der Waals surface area contributed by atoms with E-state index in [1.165, 1.54) is 0 Å². The van der Waals surface area contributed by atoms with Crippen LogP contribution in [-0.2, 0) is 14.3 Å². The van der Waals surface area contributed by atoms with Gasteiger partial charge in [0, 0.05) is 5.75 Å². The summed E-state index contributed by atoms with van der Waals surface area (Å²) in [5, 5.41) is 8.75. The molecular weight excluding hydrogens is 216 g/mol. The molecule has 0 aliphatic rings. The molecule has 5 heteroatoms. The van der Waals surface area contributed by atoms with Crippen LogP contribution in [-0.4, -0.2) is 28.4 Å². The summed E-state index contributed by atoms with van der Waals surface area (Å²) in [5.74, 6) is -0.914. The third kappa shape index (κ3) is 5.06. The number of hydrogen-bond donors (Lipinski definition) is 2. The number of thiol groups is 1. The highest BCUT2D eigenvalue weighted by Gasteiger charge is 2.33. The van der Waals surface area contributed by atoms with Crippen LogP contribution in [0.3, 0.4) is 0 Å². The number of ether oxygens (including phenoxy) is 1. The van der Waals surface area contributed by atoms with Crippen molar-refractivity contribution in [1.29, 1.82) is 0 Å². The van der Waals surface area contributed by atoms with Crippen LogP contribution in [0.2, 0.25) is 0 Å². The molecule has 0 aromatic carbocycles. The quantitative estimate of drug-likeness (QED) is 0.521. The van der Waals surface area contributed by atoms with Gasteiger partial charge in [0.2, 0.25) is 0 Å². The van der Waals surface area contributed by atoms with E-state index in [2.05, 4.69) is 12.6 Å². The lowest BCUT2D eigenvalue weighted by Crippen LogP contribution is -2.36. The molecule has 0 unspecified atom stereocenters. The maximum absolute atomic E-state index is 11.3. The fourth-order valence-corrected chi connectivity index (χ4v) is 1.52. The van der Waals surface area contributed by atoms with Crippen LogP contribution in [0.4, 0.5) is 0 Å². The fraction of sp³-hybridized carbons (Fsp3) is 0.800. The van der Waals surface area contributed by atoms with Crippen molar-refractivity contribution in [3.63, 3.8) is 0 Å². The van der Waals surface area contributed by atoms with E-state index in [0.717, 1.165) is 0 Å². The van der Waals surface area contributed by atoms with Gasteiger partial charge in [-0.15, -0.1) is 0 Å². The Hall–Kier alpha value is -0.710. The third-order valence-electron chi connectivity index (χ3n) is 2.41. The molecule has 0 saturated carbocycles. The number of hydrogen-bond acceptors (Lipinski definition) is 4. The number of carbonyl (C=O) groups excluding carboxylic acids is 1. The van der Waals surface area contributed by atoms with Gasteiger partial charge in [-0.05, 0) is 12.8 Å². The van der Waals surface area contributed by atoms with Crippen molar-refractivity contribution in [2.75, 3.05) is 5.75 Å². The van der Waals surface area contributed by atoms with Crippen molar-refractivity contribution in [3.8, 4) is 0 Å². The van der Waals surface area contributed by atoms with Gasteiger partial charge < -0.3 is 9.84 Å². The van der Waals surface area contributed by atoms with Crippen LogP contribution in [0.15, 0.2) is 0 Å². The number of aliphatic carboxylic acids is 1. The molecule has 0 aliphatic heterocycles. The van der Waals surface area contributed by atoms with Crippen molar-refractivity contribution in [1.82, 2.24) is 0 Å². The Kier molecular flexibility index (Phi) is 6.40. The highest BCUT2D eigenvalue weighted by atomic mass is 32.1. The second-order valence-electron chi connectivity index (χ2n) is 3.41. The number of carbonyl (C=O) groups is 2. The lowest BCUT2D eigenvalue weighted by molar-refractivity contribution is -0.165.